The van der Waals surface area contributed by atoms with Gasteiger partial charge in [-0.3, -0.25) is 4.90 Å². The zero-order valence-corrected chi connectivity index (χ0v) is 17.4. The van der Waals surface area contributed by atoms with Gasteiger partial charge in [0.05, 0.1) is 12.3 Å². The molecule has 0 fully saturated rings. The Hall–Kier alpha value is -2.23. The summed E-state index contributed by atoms with van der Waals surface area (Å²) in [7, 11) is 0. The highest BCUT2D eigenvalue weighted by atomic mass is 16.6. The number of unbranched alkanes of at least 4 members (excludes halogenated alkanes) is 1. The fourth-order valence-corrected chi connectivity index (χ4v) is 3.76. The Kier molecular flexibility index (Phi) is 5.36. The number of ether oxygens (including phenoxy) is 2. The van der Waals surface area contributed by atoms with Crippen LogP contribution in [0.2, 0.25) is 0 Å². The molecule has 2 aromatic carbocycles. The second-order valence-corrected chi connectivity index (χ2v) is 8.50. The van der Waals surface area contributed by atoms with Crippen LogP contribution in [0.3, 0.4) is 0 Å². The minimum atomic E-state index is -0.518. The zero-order chi connectivity index (χ0) is 19.8. The van der Waals surface area contributed by atoms with Gasteiger partial charge >= 0.3 is 6.09 Å². The lowest BCUT2D eigenvalue weighted by atomic mass is 9.92. The molecule has 0 spiro atoms. The largest absolute Gasteiger partial charge is 0.493 e. The minimum absolute atomic E-state index is 0.251. The average molecular weight is 370 g/mol. The Labute approximate surface area is 162 Å². The van der Waals surface area contributed by atoms with Gasteiger partial charge in [0.2, 0.25) is 0 Å². The van der Waals surface area contributed by atoms with Gasteiger partial charge in [-0.25, -0.2) is 4.79 Å². The lowest BCUT2D eigenvalue weighted by molar-refractivity contribution is 0.0582. The molecule has 1 amide bonds. The molecule has 4 nitrogen and oxygen atoms in total. The van der Waals surface area contributed by atoms with E-state index in [2.05, 4.69) is 39.0 Å². The Morgan fingerprint density at radius 1 is 1.30 bits per heavy atom. The summed E-state index contributed by atoms with van der Waals surface area (Å²) in [6.07, 6.45) is 1.81. The normalized spacial score (nSPS) is 16.5. The van der Waals surface area contributed by atoms with Crippen LogP contribution in [0.15, 0.2) is 24.3 Å². The molecular weight excluding hydrogens is 338 g/mol. The van der Waals surface area contributed by atoms with Crippen molar-refractivity contribution in [3.8, 4) is 5.75 Å². The smallest absolute Gasteiger partial charge is 0.414 e. The summed E-state index contributed by atoms with van der Waals surface area (Å²) in [5.74, 6) is 1.10. The number of hydrogen-bond donors (Lipinski definition) is 0. The van der Waals surface area contributed by atoms with Gasteiger partial charge in [0, 0.05) is 23.9 Å². The number of fused-ring (bicyclic) bond motifs is 3. The number of nitrogens with zero attached hydrogens (tertiary/aromatic N) is 1. The molecule has 0 aromatic heterocycles. The number of rotatable bonds is 4. The van der Waals surface area contributed by atoms with Crippen LogP contribution in [-0.2, 0) is 4.74 Å². The monoisotopic (exact) mass is 369 g/mol. The van der Waals surface area contributed by atoms with Gasteiger partial charge in [-0.1, -0.05) is 38.5 Å². The third-order valence-corrected chi connectivity index (χ3v) is 4.96. The first kappa shape index (κ1) is 19.5. The summed E-state index contributed by atoms with van der Waals surface area (Å²) in [4.78, 5) is 14.6. The maximum Gasteiger partial charge on any atom is 0.414 e. The predicted octanol–water partition coefficient (Wildman–Crippen LogP) is 6.19. The highest BCUT2D eigenvalue weighted by Crippen LogP contribution is 2.46. The molecule has 4 heteroatoms. The zero-order valence-electron chi connectivity index (χ0n) is 17.4. The molecule has 0 unspecified atom stereocenters. The average Bonchev–Trinajstić information content (AvgIpc) is 2.90. The molecule has 0 saturated heterocycles. The van der Waals surface area contributed by atoms with Crippen molar-refractivity contribution in [3.05, 3.63) is 35.4 Å². The lowest BCUT2D eigenvalue weighted by Gasteiger charge is -2.25. The second-order valence-electron chi connectivity index (χ2n) is 8.50. The number of anilines is 1. The van der Waals surface area contributed by atoms with Gasteiger partial charge in [-0.2, -0.15) is 0 Å². The number of benzene rings is 2. The maximum absolute atomic E-state index is 12.8. The quantitative estimate of drug-likeness (QED) is 0.604. The number of hydrogen-bond acceptors (Lipinski definition) is 3. The van der Waals surface area contributed by atoms with E-state index >= 15 is 0 Å². The number of amides is 1. The first-order valence-electron chi connectivity index (χ1n) is 9.92. The van der Waals surface area contributed by atoms with Crippen LogP contribution < -0.4 is 9.64 Å². The Bertz CT molecular complexity index is 851. The highest BCUT2D eigenvalue weighted by molar-refractivity contribution is 6.03. The molecule has 0 aliphatic carbocycles. The van der Waals surface area contributed by atoms with Crippen molar-refractivity contribution in [2.45, 2.75) is 65.9 Å². The number of carbonyl (C=O) groups is 1. The van der Waals surface area contributed by atoms with Crippen molar-refractivity contribution in [2.75, 3.05) is 18.1 Å². The van der Waals surface area contributed by atoms with Crippen molar-refractivity contribution in [2.24, 2.45) is 0 Å². The van der Waals surface area contributed by atoms with E-state index in [1.54, 1.807) is 4.90 Å². The van der Waals surface area contributed by atoms with Crippen LogP contribution >= 0.6 is 0 Å². The van der Waals surface area contributed by atoms with Gasteiger partial charge in [-0.15, -0.1) is 0 Å². The van der Waals surface area contributed by atoms with Crippen LogP contribution in [0.4, 0.5) is 10.5 Å². The summed E-state index contributed by atoms with van der Waals surface area (Å²) < 4.78 is 11.8. The van der Waals surface area contributed by atoms with Crippen molar-refractivity contribution in [1.29, 1.82) is 0 Å². The Morgan fingerprint density at radius 2 is 2.04 bits per heavy atom. The van der Waals surface area contributed by atoms with E-state index in [9.17, 15) is 4.79 Å². The summed E-state index contributed by atoms with van der Waals surface area (Å²) in [6, 6.07) is 8.34. The molecule has 3 rings (SSSR count). The third-order valence-electron chi connectivity index (χ3n) is 4.96. The van der Waals surface area contributed by atoms with Crippen molar-refractivity contribution >= 4 is 22.6 Å². The van der Waals surface area contributed by atoms with Crippen molar-refractivity contribution in [3.63, 3.8) is 0 Å². The third kappa shape index (κ3) is 3.90. The van der Waals surface area contributed by atoms with Gasteiger partial charge in [0.1, 0.15) is 11.4 Å². The molecule has 146 valence electrons. The molecule has 1 aliphatic heterocycles. The molecule has 2 aromatic rings. The number of carbonyl (C=O) groups excluding carboxylic acids is 1. The fraction of sp³-hybridized carbons (Fsp3) is 0.522. The van der Waals surface area contributed by atoms with Gasteiger partial charge in [-0.05, 0) is 50.6 Å². The van der Waals surface area contributed by atoms with Gasteiger partial charge in [0.25, 0.3) is 0 Å². The van der Waals surface area contributed by atoms with E-state index in [0.29, 0.717) is 13.2 Å². The maximum atomic E-state index is 12.8. The Balaban J connectivity index is 2.12. The molecule has 1 atom stereocenters. The first-order valence-corrected chi connectivity index (χ1v) is 9.92. The summed E-state index contributed by atoms with van der Waals surface area (Å²) in [6.45, 7) is 13.5. The Morgan fingerprint density at radius 3 is 2.70 bits per heavy atom. The number of aryl methyl sites for hydroxylation is 1. The van der Waals surface area contributed by atoms with Crippen LogP contribution in [-0.4, -0.2) is 24.8 Å². The predicted molar refractivity (Wildman–Crippen MR) is 111 cm³/mol. The van der Waals surface area contributed by atoms with Crippen LogP contribution in [0.1, 0.15) is 64.5 Å². The molecule has 1 aliphatic rings. The topological polar surface area (TPSA) is 38.8 Å². The molecule has 0 bridgehead atoms. The standard InChI is InChI=1S/C23H31NO3/c1-7-8-12-26-19-13-18-21(20-15(2)10-9-11-17(19)20)16(3)14-24(18)22(25)27-23(4,5)6/h9-11,13,16H,7-8,12,14H2,1-6H3/t16-/m1/s1. The van der Waals surface area contributed by atoms with Crippen molar-refractivity contribution < 1.29 is 14.3 Å². The molecule has 0 saturated carbocycles. The fourth-order valence-electron chi connectivity index (χ4n) is 3.76. The SMILES string of the molecule is CCCCOc1cc2c(c3c(C)cccc13)[C@H](C)CN2C(=O)OC(C)(C)C. The molecule has 0 radical (unpaired) electrons. The molecule has 27 heavy (non-hydrogen) atoms. The summed E-state index contributed by atoms with van der Waals surface area (Å²) in [5, 5.41) is 2.34. The molecule has 0 N–H and O–H groups in total. The van der Waals surface area contributed by atoms with Crippen LogP contribution in [0.25, 0.3) is 10.8 Å². The van der Waals surface area contributed by atoms with E-state index < -0.39 is 5.60 Å². The van der Waals surface area contributed by atoms with Gasteiger partial charge in [0.15, 0.2) is 0 Å². The highest BCUT2D eigenvalue weighted by Gasteiger charge is 2.35. The first-order chi connectivity index (χ1) is 12.7. The van der Waals surface area contributed by atoms with Crippen molar-refractivity contribution in [1.82, 2.24) is 0 Å². The van der Waals surface area contributed by atoms with E-state index in [1.807, 2.05) is 26.8 Å². The minimum Gasteiger partial charge on any atom is -0.493 e. The van der Waals surface area contributed by atoms with E-state index in [-0.39, 0.29) is 12.0 Å². The molecular formula is C23H31NO3. The van der Waals surface area contributed by atoms with Crippen LogP contribution in [0.5, 0.6) is 5.75 Å². The lowest BCUT2D eigenvalue weighted by Crippen LogP contribution is -2.36. The second kappa shape index (κ2) is 7.41. The summed E-state index contributed by atoms with van der Waals surface area (Å²) in [5.41, 5.74) is 2.83. The van der Waals surface area contributed by atoms with E-state index in [4.69, 9.17) is 9.47 Å². The molecule has 1 heterocycles. The van der Waals surface area contributed by atoms with E-state index in [1.165, 1.54) is 16.5 Å². The van der Waals surface area contributed by atoms with Gasteiger partial charge < -0.3 is 9.47 Å². The van der Waals surface area contributed by atoms with E-state index in [0.717, 1.165) is 29.7 Å². The summed E-state index contributed by atoms with van der Waals surface area (Å²) >= 11 is 0. The van der Waals surface area contributed by atoms with Crippen LogP contribution in [0, 0.1) is 6.92 Å².